The first-order chi connectivity index (χ1) is 21.6. The molecule has 5 rings (SSSR count). The fraction of sp³-hybridized carbons (Fsp3) is 0.472. The largest absolute Gasteiger partial charge is 0.392 e. The second kappa shape index (κ2) is 14.6. The SMILES string of the molecule is CC(C)(C)NC(=O)[C@@H]1CN(Cc2cccnc2)CCN1C[C@H](O)C[C@@H](Cc1ccccc1)C(=O)N[C@@H]1c2ccccc2C[C@@H]1O. The molecule has 45 heavy (non-hydrogen) atoms. The molecule has 1 saturated heterocycles. The van der Waals surface area contributed by atoms with Gasteiger partial charge >= 0.3 is 0 Å². The number of aliphatic hydroxyl groups excluding tert-OH is 2. The number of hydrogen-bond acceptors (Lipinski definition) is 7. The average molecular weight is 614 g/mol. The molecule has 0 bridgehead atoms. The van der Waals surface area contributed by atoms with Crippen molar-refractivity contribution in [1.82, 2.24) is 25.4 Å². The van der Waals surface area contributed by atoms with E-state index in [9.17, 15) is 19.8 Å². The van der Waals surface area contributed by atoms with Gasteiger partial charge in [0.1, 0.15) is 6.04 Å². The van der Waals surface area contributed by atoms with Crippen molar-refractivity contribution in [3.63, 3.8) is 0 Å². The van der Waals surface area contributed by atoms with Gasteiger partial charge in [-0.15, -0.1) is 0 Å². The number of aromatic nitrogens is 1. The standard InChI is InChI=1S/C36H47N5O4/c1-36(2,3)39-35(45)31-24-40(22-26-12-9-15-37-21-26)16-17-41(31)23-29(42)19-28(18-25-10-5-4-6-11-25)34(44)38-33-30-14-8-7-13-27(30)20-32(33)43/h4-15,21,28-29,31-33,42-43H,16-20,22-24H2,1-3H3,(H,38,44)(H,39,45)/t28-,29-,31+,32+,33-/m1/s1. The number of rotatable bonds is 11. The molecule has 0 unspecified atom stereocenters. The highest BCUT2D eigenvalue weighted by atomic mass is 16.3. The molecule has 2 aliphatic rings. The third-order valence-corrected chi connectivity index (χ3v) is 8.70. The van der Waals surface area contributed by atoms with Gasteiger partial charge in [-0.1, -0.05) is 60.7 Å². The smallest absolute Gasteiger partial charge is 0.239 e. The summed E-state index contributed by atoms with van der Waals surface area (Å²) in [5, 5.41) is 28.5. The zero-order valence-corrected chi connectivity index (χ0v) is 26.6. The highest BCUT2D eigenvalue weighted by Gasteiger charge is 2.37. The number of β-amino-alcohol motifs (C(OH)–C–C–N with tert-alkyl or cyclic N) is 1. The summed E-state index contributed by atoms with van der Waals surface area (Å²) in [6.45, 7) is 8.74. The van der Waals surface area contributed by atoms with E-state index in [4.69, 9.17) is 0 Å². The molecule has 9 nitrogen and oxygen atoms in total. The number of hydrogen-bond donors (Lipinski definition) is 4. The molecule has 240 valence electrons. The fourth-order valence-corrected chi connectivity index (χ4v) is 6.56. The van der Waals surface area contributed by atoms with Gasteiger partial charge < -0.3 is 20.8 Å². The molecule has 1 aliphatic carbocycles. The summed E-state index contributed by atoms with van der Waals surface area (Å²) in [4.78, 5) is 35.9. The van der Waals surface area contributed by atoms with E-state index in [0.717, 1.165) is 28.8 Å². The van der Waals surface area contributed by atoms with Crippen LogP contribution < -0.4 is 10.6 Å². The Morgan fingerprint density at radius 2 is 1.73 bits per heavy atom. The van der Waals surface area contributed by atoms with Crippen molar-refractivity contribution < 1.29 is 19.8 Å². The summed E-state index contributed by atoms with van der Waals surface area (Å²) >= 11 is 0. The molecule has 3 aromatic rings. The van der Waals surface area contributed by atoms with Gasteiger partial charge in [-0.2, -0.15) is 0 Å². The zero-order chi connectivity index (χ0) is 32.0. The summed E-state index contributed by atoms with van der Waals surface area (Å²) in [7, 11) is 0. The second-order valence-electron chi connectivity index (χ2n) is 13.6. The van der Waals surface area contributed by atoms with Crippen LogP contribution in [0.2, 0.25) is 0 Å². The number of amides is 2. The van der Waals surface area contributed by atoms with Crippen molar-refractivity contribution in [1.29, 1.82) is 0 Å². The van der Waals surface area contributed by atoms with Crippen LogP contribution in [-0.4, -0.2) is 86.8 Å². The number of aliphatic hydroxyl groups is 2. The van der Waals surface area contributed by atoms with Gasteiger partial charge in [-0.25, -0.2) is 0 Å². The van der Waals surface area contributed by atoms with Crippen LogP contribution in [0.25, 0.3) is 0 Å². The zero-order valence-electron chi connectivity index (χ0n) is 26.6. The highest BCUT2D eigenvalue weighted by Crippen LogP contribution is 2.32. The van der Waals surface area contributed by atoms with Crippen molar-refractivity contribution in [2.45, 2.75) is 76.4 Å². The monoisotopic (exact) mass is 613 g/mol. The third-order valence-electron chi connectivity index (χ3n) is 8.70. The molecule has 4 N–H and O–H groups in total. The normalized spacial score (nSPS) is 21.9. The molecular weight excluding hydrogens is 566 g/mol. The van der Waals surface area contributed by atoms with E-state index in [0.29, 0.717) is 32.5 Å². The lowest BCUT2D eigenvalue weighted by atomic mass is 9.91. The van der Waals surface area contributed by atoms with Gasteiger partial charge in [0.2, 0.25) is 11.8 Å². The van der Waals surface area contributed by atoms with E-state index < -0.39 is 35.7 Å². The van der Waals surface area contributed by atoms with Gasteiger partial charge in [0.05, 0.1) is 18.2 Å². The average Bonchev–Trinajstić information content (AvgIpc) is 3.32. The maximum absolute atomic E-state index is 13.8. The lowest BCUT2D eigenvalue weighted by Gasteiger charge is -2.42. The van der Waals surface area contributed by atoms with Crippen molar-refractivity contribution >= 4 is 11.8 Å². The Bertz CT molecular complexity index is 1410. The molecule has 1 aliphatic heterocycles. The first-order valence-corrected chi connectivity index (χ1v) is 16.0. The Morgan fingerprint density at radius 1 is 1.00 bits per heavy atom. The Hall–Kier alpha value is -3.63. The molecule has 5 atom stereocenters. The number of nitrogens with zero attached hydrogens (tertiary/aromatic N) is 3. The summed E-state index contributed by atoms with van der Waals surface area (Å²) in [5.41, 5.74) is 3.68. The molecule has 9 heteroatoms. The van der Waals surface area contributed by atoms with E-state index in [1.165, 1.54) is 0 Å². The predicted molar refractivity (Wildman–Crippen MR) is 174 cm³/mol. The van der Waals surface area contributed by atoms with Crippen LogP contribution in [0.5, 0.6) is 0 Å². The molecular formula is C36H47N5O4. The maximum Gasteiger partial charge on any atom is 0.239 e. The van der Waals surface area contributed by atoms with Gasteiger partial charge in [0.15, 0.2) is 0 Å². The second-order valence-corrected chi connectivity index (χ2v) is 13.6. The minimum atomic E-state index is -0.833. The van der Waals surface area contributed by atoms with Gasteiger partial charge in [0, 0.05) is 63.0 Å². The minimum absolute atomic E-state index is 0.0712. The van der Waals surface area contributed by atoms with Crippen LogP contribution in [0.4, 0.5) is 0 Å². The van der Waals surface area contributed by atoms with E-state index in [1.54, 1.807) is 6.20 Å². The summed E-state index contributed by atoms with van der Waals surface area (Å²) < 4.78 is 0. The number of fused-ring (bicyclic) bond motifs is 1. The number of carbonyl (C=O) groups is 2. The third kappa shape index (κ3) is 8.98. The van der Waals surface area contributed by atoms with E-state index in [2.05, 4.69) is 25.4 Å². The van der Waals surface area contributed by atoms with Crippen LogP contribution in [-0.2, 0) is 29.0 Å². The lowest BCUT2D eigenvalue weighted by Crippen LogP contribution is -2.61. The number of carbonyl (C=O) groups excluding carboxylic acids is 2. The van der Waals surface area contributed by atoms with E-state index in [-0.39, 0.29) is 24.8 Å². The Balaban J connectivity index is 1.29. The van der Waals surface area contributed by atoms with E-state index in [1.807, 2.05) is 93.7 Å². The van der Waals surface area contributed by atoms with Gasteiger partial charge in [0.25, 0.3) is 0 Å². The number of pyridine rings is 1. The molecule has 2 amide bonds. The van der Waals surface area contributed by atoms with Crippen LogP contribution in [0.1, 0.15) is 55.5 Å². The first kappa shape index (κ1) is 32.8. The number of piperazine rings is 1. The molecule has 0 saturated carbocycles. The minimum Gasteiger partial charge on any atom is -0.392 e. The summed E-state index contributed by atoms with van der Waals surface area (Å²) in [5.74, 6) is -0.781. The molecule has 0 radical (unpaired) electrons. The molecule has 1 aromatic heterocycles. The first-order valence-electron chi connectivity index (χ1n) is 16.0. The number of benzene rings is 2. The Labute approximate surface area is 266 Å². The maximum atomic E-state index is 13.8. The molecule has 1 fully saturated rings. The molecule has 0 spiro atoms. The Morgan fingerprint density at radius 3 is 2.47 bits per heavy atom. The summed E-state index contributed by atoms with van der Waals surface area (Å²) in [6, 6.07) is 20.6. The van der Waals surface area contributed by atoms with Crippen molar-refractivity contribution in [2.75, 3.05) is 26.2 Å². The lowest BCUT2D eigenvalue weighted by molar-refractivity contribution is -0.132. The van der Waals surface area contributed by atoms with Crippen LogP contribution in [0, 0.1) is 5.92 Å². The number of nitrogens with one attached hydrogen (secondary N) is 2. The highest BCUT2D eigenvalue weighted by molar-refractivity contribution is 5.83. The quantitative estimate of drug-likeness (QED) is 0.263. The summed E-state index contributed by atoms with van der Waals surface area (Å²) in [6.07, 6.45) is 3.26. The Kier molecular flexibility index (Phi) is 10.7. The fourth-order valence-electron chi connectivity index (χ4n) is 6.56. The van der Waals surface area contributed by atoms with Gasteiger partial charge in [-0.05, 0) is 61.9 Å². The van der Waals surface area contributed by atoms with Crippen LogP contribution in [0.3, 0.4) is 0 Å². The topological polar surface area (TPSA) is 118 Å². The van der Waals surface area contributed by atoms with Crippen molar-refractivity contribution in [2.24, 2.45) is 5.92 Å². The van der Waals surface area contributed by atoms with Crippen molar-refractivity contribution in [3.8, 4) is 0 Å². The predicted octanol–water partition coefficient (Wildman–Crippen LogP) is 2.87. The molecule has 2 aromatic carbocycles. The molecule has 2 heterocycles. The van der Waals surface area contributed by atoms with Crippen LogP contribution >= 0.6 is 0 Å². The van der Waals surface area contributed by atoms with E-state index >= 15 is 0 Å². The van der Waals surface area contributed by atoms with Crippen LogP contribution in [0.15, 0.2) is 79.1 Å². The van der Waals surface area contributed by atoms with Crippen molar-refractivity contribution in [3.05, 3.63) is 101 Å². The van der Waals surface area contributed by atoms with Gasteiger partial charge in [-0.3, -0.25) is 24.4 Å².